The second kappa shape index (κ2) is 6.09. The van der Waals surface area contributed by atoms with Crippen molar-refractivity contribution in [1.82, 2.24) is 10.2 Å². The molecule has 1 saturated heterocycles. The van der Waals surface area contributed by atoms with Crippen LogP contribution in [0.4, 0.5) is 0 Å². The van der Waals surface area contributed by atoms with E-state index in [9.17, 15) is 4.79 Å². The van der Waals surface area contributed by atoms with Gasteiger partial charge in [-0.2, -0.15) is 11.8 Å². The lowest BCUT2D eigenvalue weighted by molar-refractivity contribution is -0.132. The van der Waals surface area contributed by atoms with Crippen molar-refractivity contribution >= 4 is 17.7 Å². The first kappa shape index (κ1) is 11.6. The average Bonchev–Trinajstić information content (AvgIpc) is 2.26. The summed E-state index contributed by atoms with van der Waals surface area (Å²) in [6, 6.07) is 0.00801. The lowest BCUT2D eigenvalue weighted by Gasteiger charge is -2.28. The van der Waals surface area contributed by atoms with E-state index in [1.165, 1.54) is 0 Å². The van der Waals surface area contributed by atoms with Gasteiger partial charge in [-0.25, -0.2) is 0 Å². The molecule has 4 heteroatoms. The lowest BCUT2D eigenvalue weighted by atomic mass is 10.2. The van der Waals surface area contributed by atoms with Crippen LogP contribution >= 0.6 is 11.8 Å². The number of rotatable bonds is 4. The largest absolute Gasteiger partial charge is 0.338 e. The van der Waals surface area contributed by atoms with Gasteiger partial charge in [0.15, 0.2) is 0 Å². The highest BCUT2D eigenvalue weighted by Gasteiger charge is 2.24. The molecule has 1 aliphatic heterocycles. The molecule has 1 N–H and O–H groups in total. The van der Waals surface area contributed by atoms with Crippen LogP contribution in [0, 0.1) is 0 Å². The molecule has 0 aromatic heterocycles. The second-order valence-corrected chi connectivity index (χ2v) is 4.40. The Labute approximate surface area is 89.9 Å². The molecule has 0 aliphatic carbocycles. The summed E-state index contributed by atoms with van der Waals surface area (Å²) >= 11 is 1.84. The van der Waals surface area contributed by atoms with Crippen LogP contribution in [0.5, 0.6) is 0 Å². The van der Waals surface area contributed by atoms with Gasteiger partial charge in [-0.15, -0.1) is 6.58 Å². The van der Waals surface area contributed by atoms with Gasteiger partial charge < -0.3 is 10.2 Å². The number of hydrogen-bond donors (Lipinski definition) is 1. The van der Waals surface area contributed by atoms with Gasteiger partial charge in [-0.3, -0.25) is 4.79 Å². The summed E-state index contributed by atoms with van der Waals surface area (Å²) in [6.07, 6.45) is 1.78. The van der Waals surface area contributed by atoms with Gasteiger partial charge in [0.05, 0.1) is 6.04 Å². The van der Waals surface area contributed by atoms with Gasteiger partial charge >= 0.3 is 0 Å². The summed E-state index contributed by atoms with van der Waals surface area (Å²) in [5.41, 5.74) is 0. The molecule has 0 radical (unpaired) electrons. The molecular weight excluding hydrogens is 196 g/mol. The third-order valence-electron chi connectivity index (χ3n) is 2.26. The third-order valence-corrected chi connectivity index (χ3v) is 3.32. The Bertz CT molecular complexity index is 202. The minimum absolute atomic E-state index is 0.00801. The van der Waals surface area contributed by atoms with Crippen LogP contribution in [0.2, 0.25) is 0 Å². The summed E-state index contributed by atoms with van der Waals surface area (Å²) in [5, 5.41) is 3.25. The van der Waals surface area contributed by atoms with Crippen molar-refractivity contribution < 1.29 is 4.79 Å². The first-order chi connectivity index (χ1) is 6.79. The standard InChI is InChI=1S/C10H18N2OS/c1-3-6-12(4-2)10(13)9-8-14-7-5-11-9/h3,9,11H,1,4-8H2,2H3. The maximum atomic E-state index is 11.9. The van der Waals surface area contributed by atoms with E-state index in [1.807, 2.05) is 23.6 Å². The summed E-state index contributed by atoms with van der Waals surface area (Å²) < 4.78 is 0. The maximum absolute atomic E-state index is 11.9. The predicted octanol–water partition coefficient (Wildman–Crippen LogP) is 0.726. The van der Waals surface area contributed by atoms with Crippen LogP contribution in [-0.2, 0) is 4.79 Å². The van der Waals surface area contributed by atoms with Gasteiger partial charge in [0.25, 0.3) is 0 Å². The number of likely N-dealkylation sites (N-methyl/N-ethyl adjacent to an activating group) is 1. The molecular formula is C10H18N2OS. The fraction of sp³-hybridized carbons (Fsp3) is 0.700. The third kappa shape index (κ3) is 3.03. The SMILES string of the molecule is C=CCN(CC)C(=O)C1CSCCN1. The van der Waals surface area contributed by atoms with E-state index in [0.717, 1.165) is 24.6 Å². The van der Waals surface area contributed by atoms with Crippen molar-refractivity contribution in [3.05, 3.63) is 12.7 Å². The quantitative estimate of drug-likeness (QED) is 0.700. The molecule has 0 aromatic carbocycles. The Morgan fingerprint density at radius 1 is 1.79 bits per heavy atom. The first-order valence-electron chi connectivity index (χ1n) is 5.00. The normalized spacial score (nSPS) is 21.6. The zero-order valence-corrected chi connectivity index (χ0v) is 9.48. The van der Waals surface area contributed by atoms with E-state index in [2.05, 4.69) is 11.9 Å². The molecule has 1 atom stereocenters. The molecule has 0 spiro atoms. The molecule has 3 nitrogen and oxygen atoms in total. The minimum Gasteiger partial charge on any atom is -0.338 e. The Kier molecular flexibility index (Phi) is 5.04. The van der Waals surface area contributed by atoms with Gasteiger partial charge in [0, 0.05) is 31.1 Å². The number of thioether (sulfide) groups is 1. The first-order valence-corrected chi connectivity index (χ1v) is 6.15. The second-order valence-electron chi connectivity index (χ2n) is 3.25. The topological polar surface area (TPSA) is 32.3 Å². The number of carbonyl (C=O) groups is 1. The van der Waals surface area contributed by atoms with E-state index in [-0.39, 0.29) is 11.9 Å². The van der Waals surface area contributed by atoms with Crippen molar-refractivity contribution in [2.24, 2.45) is 0 Å². The number of hydrogen-bond acceptors (Lipinski definition) is 3. The van der Waals surface area contributed by atoms with E-state index in [4.69, 9.17) is 0 Å². The molecule has 14 heavy (non-hydrogen) atoms. The fourth-order valence-corrected chi connectivity index (χ4v) is 2.40. The summed E-state index contributed by atoms with van der Waals surface area (Å²) in [4.78, 5) is 13.8. The highest BCUT2D eigenvalue weighted by molar-refractivity contribution is 7.99. The zero-order chi connectivity index (χ0) is 10.4. The number of carbonyl (C=O) groups excluding carboxylic acids is 1. The average molecular weight is 214 g/mol. The Balaban J connectivity index is 2.47. The van der Waals surface area contributed by atoms with Crippen LogP contribution < -0.4 is 5.32 Å². The molecule has 80 valence electrons. The van der Waals surface area contributed by atoms with Crippen LogP contribution in [-0.4, -0.2) is 48.0 Å². The highest BCUT2D eigenvalue weighted by Crippen LogP contribution is 2.09. The molecule has 0 saturated carbocycles. The molecule has 1 unspecified atom stereocenters. The predicted molar refractivity (Wildman–Crippen MR) is 61.6 cm³/mol. The smallest absolute Gasteiger partial charge is 0.240 e. The van der Waals surface area contributed by atoms with E-state index in [1.54, 1.807) is 6.08 Å². The monoisotopic (exact) mass is 214 g/mol. The van der Waals surface area contributed by atoms with E-state index >= 15 is 0 Å². The molecule has 1 heterocycles. The number of amides is 1. The van der Waals surface area contributed by atoms with E-state index in [0.29, 0.717) is 6.54 Å². The molecule has 1 rings (SSSR count). The van der Waals surface area contributed by atoms with Crippen LogP contribution in [0.1, 0.15) is 6.92 Å². The Hall–Kier alpha value is -0.480. The number of nitrogens with one attached hydrogen (secondary N) is 1. The molecule has 1 aliphatic rings. The molecule has 0 bridgehead atoms. The highest BCUT2D eigenvalue weighted by atomic mass is 32.2. The Morgan fingerprint density at radius 2 is 2.57 bits per heavy atom. The van der Waals surface area contributed by atoms with Crippen LogP contribution in [0.15, 0.2) is 12.7 Å². The van der Waals surface area contributed by atoms with Crippen molar-refractivity contribution in [2.45, 2.75) is 13.0 Å². The van der Waals surface area contributed by atoms with Crippen LogP contribution in [0.25, 0.3) is 0 Å². The summed E-state index contributed by atoms with van der Waals surface area (Å²) in [5.74, 6) is 2.21. The van der Waals surface area contributed by atoms with Crippen molar-refractivity contribution in [3.63, 3.8) is 0 Å². The van der Waals surface area contributed by atoms with Crippen LogP contribution in [0.3, 0.4) is 0 Å². The van der Waals surface area contributed by atoms with Crippen molar-refractivity contribution in [1.29, 1.82) is 0 Å². The van der Waals surface area contributed by atoms with Crippen molar-refractivity contribution in [2.75, 3.05) is 31.1 Å². The lowest BCUT2D eigenvalue weighted by Crippen LogP contribution is -2.50. The fourth-order valence-electron chi connectivity index (χ4n) is 1.48. The zero-order valence-electron chi connectivity index (χ0n) is 8.66. The minimum atomic E-state index is 0.00801. The van der Waals surface area contributed by atoms with Crippen molar-refractivity contribution in [3.8, 4) is 0 Å². The number of nitrogens with zero attached hydrogens (tertiary/aromatic N) is 1. The summed E-state index contributed by atoms with van der Waals surface area (Å²) in [7, 11) is 0. The van der Waals surface area contributed by atoms with Gasteiger partial charge in [-0.05, 0) is 6.92 Å². The Morgan fingerprint density at radius 3 is 3.07 bits per heavy atom. The molecule has 0 aromatic rings. The van der Waals surface area contributed by atoms with Gasteiger partial charge in [0.1, 0.15) is 0 Å². The molecule has 1 fully saturated rings. The van der Waals surface area contributed by atoms with Gasteiger partial charge in [-0.1, -0.05) is 6.08 Å². The van der Waals surface area contributed by atoms with E-state index < -0.39 is 0 Å². The van der Waals surface area contributed by atoms with Gasteiger partial charge in [0.2, 0.25) is 5.91 Å². The molecule has 1 amide bonds. The summed E-state index contributed by atoms with van der Waals surface area (Å²) in [6.45, 7) is 8.00. The maximum Gasteiger partial charge on any atom is 0.240 e.